The van der Waals surface area contributed by atoms with Gasteiger partial charge in [0, 0.05) is 40.3 Å². The molecular weight excluding hydrogens is 488 g/mol. The first kappa shape index (κ1) is 35.8. The lowest BCUT2D eigenvalue weighted by molar-refractivity contribution is -0.138. The maximum atomic E-state index is 12.0. The van der Waals surface area contributed by atoms with Crippen LogP contribution in [0.5, 0.6) is 0 Å². The molecule has 0 heterocycles. The summed E-state index contributed by atoms with van der Waals surface area (Å²) >= 11 is 0. The first-order chi connectivity index (χ1) is 18.3. The summed E-state index contributed by atoms with van der Waals surface area (Å²) in [6.07, 6.45) is 12.8. The Morgan fingerprint density at radius 1 is 0.526 bits per heavy atom. The van der Waals surface area contributed by atoms with Gasteiger partial charge < -0.3 is 29.9 Å². The van der Waals surface area contributed by atoms with E-state index in [0.717, 1.165) is 25.7 Å². The highest BCUT2D eigenvalue weighted by atomic mass is 16.5. The first-order valence-electron chi connectivity index (χ1n) is 14.5. The Bertz CT molecular complexity index is 593. The van der Waals surface area contributed by atoms with Crippen molar-refractivity contribution in [3.63, 3.8) is 0 Å². The third kappa shape index (κ3) is 21.8. The van der Waals surface area contributed by atoms with Crippen LogP contribution >= 0.6 is 0 Å². The number of hydrogen-bond acceptors (Lipinski definition) is 6. The molecule has 38 heavy (non-hydrogen) atoms. The lowest BCUT2D eigenvalue weighted by atomic mass is 10.1. The summed E-state index contributed by atoms with van der Waals surface area (Å²) in [5.74, 6) is -0.787. The van der Waals surface area contributed by atoms with Crippen molar-refractivity contribution < 1.29 is 28.7 Å². The van der Waals surface area contributed by atoms with Crippen molar-refractivity contribution in [1.82, 2.24) is 20.4 Å². The molecule has 0 bridgehead atoms. The van der Waals surface area contributed by atoms with E-state index in [1.807, 2.05) is 0 Å². The smallest absolute Gasteiger partial charge is 0.248 e. The van der Waals surface area contributed by atoms with Gasteiger partial charge in [0.05, 0.1) is 0 Å². The number of unbranched alkanes of at least 4 members (excludes halogenated alkanes) is 9. The summed E-state index contributed by atoms with van der Waals surface area (Å²) in [7, 11) is 3.51. The molecule has 10 nitrogen and oxygen atoms in total. The van der Waals surface area contributed by atoms with E-state index >= 15 is 0 Å². The Kier molecular flexibility index (Phi) is 23.6. The summed E-state index contributed by atoms with van der Waals surface area (Å²) < 4.78 is 10.5. The van der Waals surface area contributed by atoms with Crippen LogP contribution in [0.25, 0.3) is 0 Å². The van der Waals surface area contributed by atoms with E-state index in [0.29, 0.717) is 39.0 Å². The van der Waals surface area contributed by atoms with Crippen molar-refractivity contribution in [2.75, 3.05) is 66.7 Å². The number of carbonyl (C=O) groups is 4. The number of carbonyl (C=O) groups excluding carboxylic acids is 4. The molecule has 2 N–H and O–H groups in total. The molecular formula is C28H54N4O6. The molecule has 0 aromatic carbocycles. The van der Waals surface area contributed by atoms with Crippen molar-refractivity contribution >= 4 is 23.6 Å². The van der Waals surface area contributed by atoms with Crippen LogP contribution in [-0.4, -0.2) is 100 Å². The summed E-state index contributed by atoms with van der Waals surface area (Å²) in [4.78, 5) is 51.1. The second-order valence-electron chi connectivity index (χ2n) is 9.85. The van der Waals surface area contributed by atoms with Crippen LogP contribution in [0.4, 0.5) is 0 Å². The topological polar surface area (TPSA) is 117 Å². The highest BCUT2D eigenvalue weighted by Crippen LogP contribution is 2.04. The van der Waals surface area contributed by atoms with Gasteiger partial charge in [0.1, 0.15) is 26.4 Å². The first-order valence-corrected chi connectivity index (χ1v) is 14.5. The van der Waals surface area contributed by atoms with Gasteiger partial charge in [0.2, 0.25) is 23.6 Å². The van der Waals surface area contributed by atoms with E-state index in [2.05, 4.69) is 24.5 Å². The number of ether oxygens (including phenoxy) is 2. The quantitative estimate of drug-likeness (QED) is 0.171. The van der Waals surface area contributed by atoms with Crippen LogP contribution in [0, 0.1) is 0 Å². The largest absolute Gasteiger partial charge is 0.362 e. The molecule has 0 rings (SSSR count). The van der Waals surface area contributed by atoms with Crippen LogP contribution in [0.2, 0.25) is 0 Å². The molecule has 222 valence electrons. The van der Waals surface area contributed by atoms with Crippen molar-refractivity contribution in [3.8, 4) is 0 Å². The second-order valence-corrected chi connectivity index (χ2v) is 9.85. The normalized spacial score (nSPS) is 10.7. The third-order valence-corrected chi connectivity index (χ3v) is 6.21. The highest BCUT2D eigenvalue weighted by Gasteiger charge is 2.11. The Balaban J connectivity index is 3.65. The Hall–Kier alpha value is -2.20. The van der Waals surface area contributed by atoms with Gasteiger partial charge in [-0.15, -0.1) is 0 Å². The Morgan fingerprint density at radius 2 is 0.895 bits per heavy atom. The molecule has 0 aliphatic heterocycles. The molecule has 0 fully saturated rings. The molecule has 0 saturated heterocycles. The summed E-state index contributed by atoms with van der Waals surface area (Å²) in [5.41, 5.74) is 0. The van der Waals surface area contributed by atoms with Gasteiger partial charge in [-0.2, -0.15) is 0 Å². The van der Waals surface area contributed by atoms with Gasteiger partial charge in [-0.3, -0.25) is 19.2 Å². The maximum Gasteiger partial charge on any atom is 0.248 e. The molecule has 4 amide bonds. The van der Waals surface area contributed by atoms with Crippen LogP contribution in [0.1, 0.15) is 90.9 Å². The van der Waals surface area contributed by atoms with Gasteiger partial charge in [0.25, 0.3) is 0 Å². The number of amides is 4. The van der Waals surface area contributed by atoms with Crippen LogP contribution < -0.4 is 10.6 Å². The lowest BCUT2D eigenvalue weighted by Crippen LogP contribution is -2.34. The van der Waals surface area contributed by atoms with Gasteiger partial charge >= 0.3 is 0 Å². The SMILES string of the molecule is CCCCCCCN(C)C(=O)COCC(=O)NCCCCNC(=O)COCC(=O)N(C)CCCCCCC. The lowest BCUT2D eigenvalue weighted by Gasteiger charge is -2.17. The van der Waals surface area contributed by atoms with E-state index in [1.165, 1.54) is 38.5 Å². The summed E-state index contributed by atoms with van der Waals surface area (Å²) in [6, 6.07) is 0. The Morgan fingerprint density at radius 3 is 1.26 bits per heavy atom. The van der Waals surface area contributed by atoms with Gasteiger partial charge in [-0.1, -0.05) is 65.2 Å². The van der Waals surface area contributed by atoms with E-state index in [-0.39, 0.29) is 50.1 Å². The van der Waals surface area contributed by atoms with Crippen LogP contribution in [0.3, 0.4) is 0 Å². The fraction of sp³-hybridized carbons (Fsp3) is 0.857. The number of likely N-dealkylation sites (N-methyl/N-ethyl adjacent to an activating group) is 2. The van der Waals surface area contributed by atoms with Crippen molar-refractivity contribution in [3.05, 3.63) is 0 Å². The monoisotopic (exact) mass is 542 g/mol. The van der Waals surface area contributed by atoms with Crippen LogP contribution in [-0.2, 0) is 28.7 Å². The molecule has 0 spiro atoms. The summed E-state index contributed by atoms with van der Waals surface area (Å²) in [6.45, 7) is 6.15. The van der Waals surface area contributed by atoms with Crippen molar-refractivity contribution in [2.45, 2.75) is 90.9 Å². The number of rotatable bonds is 25. The average Bonchev–Trinajstić information content (AvgIpc) is 2.89. The van der Waals surface area contributed by atoms with Crippen LogP contribution in [0.15, 0.2) is 0 Å². The average molecular weight is 543 g/mol. The fourth-order valence-electron chi connectivity index (χ4n) is 3.64. The number of nitrogens with zero attached hydrogens (tertiary/aromatic N) is 2. The maximum absolute atomic E-state index is 12.0. The number of nitrogens with one attached hydrogen (secondary N) is 2. The second kappa shape index (κ2) is 25.1. The highest BCUT2D eigenvalue weighted by molar-refractivity contribution is 5.80. The zero-order valence-electron chi connectivity index (χ0n) is 24.5. The predicted octanol–water partition coefficient (Wildman–Crippen LogP) is 2.89. The minimum atomic E-state index is -0.270. The third-order valence-electron chi connectivity index (χ3n) is 6.21. The minimum absolute atomic E-state index is 0.103. The van der Waals surface area contributed by atoms with E-state index in [1.54, 1.807) is 23.9 Å². The van der Waals surface area contributed by atoms with E-state index in [9.17, 15) is 19.2 Å². The molecule has 0 aromatic heterocycles. The number of hydrogen-bond donors (Lipinski definition) is 2. The van der Waals surface area contributed by atoms with Gasteiger partial charge in [-0.05, 0) is 25.7 Å². The molecule has 0 aromatic rings. The summed E-state index contributed by atoms with van der Waals surface area (Å²) in [5, 5.41) is 5.48. The molecule has 0 saturated carbocycles. The molecule has 0 unspecified atom stereocenters. The van der Waals surface area contributed by atoms with Gasteiger partial charge in [-0.25, -0.2) is 0 Å². The molecule has 0 radical (unpaired) electrons. The van der Waals surface area contributed by atoms with Crippen molar-refractivity contribution in [1.29, 1.82) is 0 Å². The standard InChI is InChI=1S/C28H54N4O6/c1-5-7-9-11-15-19-31(3)27(35)23-37-21-25(33)29-17-13-14-18-30-26(34)22-38-24-28(36)32(4)20-16-12-10-8-6-2/h5-24H2,1-4H3,(H,29,33)(H,30,34). The fourth-order valence-corrected chi connectivity index (χ4v) is 3.64. The molecule has 0 aliphatic rings. The zero-order chi connectivity index (χ0) is 28.4. The van der Waals surface area contributed by atoms with E-state index < -0.39 is 0 Å². The minimum Gasteiger partial charge on any atom is -0.362 e. The van der Waals surface area contributed by atoms with Crippen molar-refractivity contribution in [2.24, 2.45) is 0 Å². The molecule has 0 atom stereocenters. The van der Waals surface area contributed by atoms with E-state index in [4.69, 9.17) is 9.47 Å². The predicted molar refractivity (Wildman–Crippen MR) is 150 cm³/mol. The molecule has 10 heteroatoms. The Labute approximate surface area is 230 Å². The zero-order valence-corrected chi connectivity index (χ0v) is 24.5. The van der Waals surface area contributed by atoms with Gasteiger partial charge in [0.15, 0.2) is 0 Å². The molecule has 0 aliphatic carbocycles.